The molecular weight excluding hydrogens is 2160 g/mol. The summed E-state index contributed by atoms with van der Waals surface area (Å²) in [4.78, 5) is 33.9. The average molecular weight is 2280 g/mol. The number of rotatable bonds is 12. The van der Waals surface area contributed by atoms with Gasteiger partial charge >= 0.3 is 0 Å². The van der Waals surface area contributed by atoms with Crippen molar-refractivity contribution in [3.05, 3.63) is 238 Å². The highest BCUT2D eigenvalue weighted by atomic mass is 79.9. The van der Waals surface area contributed by atoms with Crippen LogP contribution < -0.4 is 55.7 Å². The van der Waals surface area contributed by atoms with Crippen LogP contribution in [0.25, 0.3) is 101 Å². The Labute approximate surface area is 858 Å². The largest absolute Gasteiger partial charge is 0.383 e. The lowest BCUT2D eigenvalue weighted by atomic mass is 9.96. The number of pyridine rings is 1. The van der Waals surface area contributed by atoms with E-state index in [2.05, 4.69) is 220 Å². The molecule has 33 nitrogen and oxygen atoms in total. The fourth-order valence-electron chi connectivity index (χ4n) is 18.9. The molecule has 2 aromatic carbocycles. The fourth-order valence-corrected chi connectivity index (χ4v) is 23.7. The predicted octanol–water partition coefficient (Wildman–Crippen LogP) is 19.2. The molecule has 22 heterocycles. The molecule has 6 aliphatic rings. The molecule has 0 spiro atoms. The molecule has 720 valence electrons. The van der Waals surface area contributed by atoms with Crippen LogP contribution in [0.4, 0.5) is 34.9 Å². The number of benzene rings is 2. The average Bonchev–Trinajstić information content (AvgIpc) is 1.67. The van der Waals surface area contributed by atoms with Crippen molar-refractivity contribution in [3.63, 3.8) is 0 Å². The molecule has 6 fully saturated rings. The van der Waals surface area contributed by atoms with Gasteiger partial charge in [0.15, 0.2) is 33.9 Å². The maximum Gasteiger partial charge on any atom is 0.165 e. The predicted molar refractivity (Wildman–Crippen MR) is 574 cm³/mol. The van der Waals surface area contributed by atoms with Gasteiger partial charge in [-0.25, -0.2) is 29.9 Å². The first-order valence-corrected chi connectivity index (χ1v) is 52.7. The molecular formula is C99H110Br6N32OS. The van der Waals surface area contributed by atoms with Crippen molar-refractivity contribution in [1.29, 1.82) is 0 Å². The maximum absolute atomic E-state index is 6.34. The maximum atomic E-state index is 6.34. The zero-order valence-corrected chi connectivity index (χ0v) is 88.0. The quantitative estimate of drug-likeness (QED) is 0.0543. The molecule has 0 bridgehead atoms. The number of anilines is 6. The third-order valence-corrected chi connectivity index (χ3v) is 32.7. The summed E-state index contributed by atoms with van der Waals surface area (Å²) >= 11 is 23.7. The Kier molecular flexibility index (Phi) is 29.8. The third-order valence-electron chi connectivity index (χ3n) is 26.4. The number of ether oxygens (including phenoxy) is 1. The summed E-state index contributed by atoms with van der Waals surface area (Å²) < 4.78 is 27.3. The Balaban J connectivity index is 0.000000106. The first-order valence-electron chi connectivity index (χ1n) is 46.9. The molecule has 0 radical (unpaired) electrons. The number of hydrogen-bond acceptors (Lipinski definition) is 25. The number of nitrogens with one attached hydrogen (secondary N) is 4. The van der Waals surface area contributed by atoms with Crippen LogP contribution in [-0.2, 0) is 25.9 Å². The second-order valence-electron chi connectivity index (χ2n) is 36.1. The molecule has 6 atom stereocenters. The van der Waals surface area contributed by atoms with Gasteiger partial charge in [0.1, 0.15) is 41.0 Å². The number of nitrogens with two attached hydrogens (primary N) is 6. The summed E-state index contributed by atoms with van der Waals surface area (Å²) in [5, 5.41) is 40.7. The summed E-state index contributed by atoms with van der Waals surface area (Å²) in [7, 11) is 6.01. The van der Waals surface area contributed by atoms with E-state index in [0.717, 1.165) is 297 Å². The first kappa shape index (κ1) is 96.8. The summed E-state index contributed by atoms with van der Waals surface area (Å²) in [6, 6.07) is 28.8. The molecule has 139 heavy (non-hydrogen) atoms. The van der Waals surface area contributed by atoms with E-state index in [1.807, 2.05) is 152 Å². The molecule has 0 aliphatic carbocycles. The van der Waals surface area contributed by atoms with E-state index in [4.69, 9.17) is 69.0 Å². The summed E-state index contributed by atoms with van der Waals surface area (Å²) in [6.45, 7) is 12.8. The number of nitrogens with zero attached hydrogens (tertiary/aromatic N) is 22. The van der Waals surface area contributed by atoms with Gasteiger partial charge in [0.05, 0.1) is 98.2 Å². The molecule has 16 N–H and O–H groups in total. The number of aryl methyl sites for hydroxylation is 5. The van der Waals surface area contributed by atoms with E-state index in [0.29, 0.717) is 63.8 Å². The number of hydrogen-bond donors (Lipinski definition) is 10. The minimum atomic E-state index is -0.0102. The van der Waals surface area contributed by atoms with E-state index < -0.39 is 0 Å². The van der Waals surface area contributed by atoms with E-state index in [1.54, 1.807) is 33.3 Å². The Morgan fingerprint density at radius 3 is 1.05 bits per heavy atom. The number of halogens is 6. The van der Waals surface area contributed by atoms with Gasteiger partial charge in [0.25, 0.3) is 0 Å². The molecule has 6 aliphatic heterocycles. The highest BCUT2D eigenvalue weighted by molar-refractivity contribution is 9.11. The number of thioether (sulfide) groups is 1. The van der Waals surface area contributed by atoms with Crippen LogP contribution >= 0.6 is 107 Å². The van der Waals surface area contributed by atoms with Crippen molar-refractivity contribution in [1.82, 2.24) is 128 Å². The monoisotopic (exact) mass is 2270 g/mol. The van der Waals surface area contributed by atoms with Gasteiger partial charge in [-0.1, -0.05) is 72.6 Å². The van der Waals surface area contributed by atoms with Crippen molar-refractivity contribution in [2.75, 3.05) is 99.1 Å². The van der Waals surface area contributed by atoms with Crippen LogP contribution in [0.5, 0.6) is 0 Å². The minimum Gasteiger partial charge on any atom is -0.383 e. The SMILES string of the molecule is Cc1ccc(-c2cnn3c(N)c(Br)c(C4CCCNC4)nc23)cn1.Cc1cccc(-c2cnn3c(N)c(Br)c(C4CCCNC4)nc23)c1.Cn1ccc(-c2cnn3c(N)c(Br)c([C@@H]4CCNC4)nc23)c1.Cn1ccc(-c2cnn3c(N)c(Br)c([C@H]4CCCCO4)nc23)c1.Cn1ccc(-c2cnn3c(N)c(Br)c([C@H]4CCCCS4)nc23)c1.Nc1c(Br)c(C2CCCNC2)nc2c(-c3ccccc3)cnn12. The normalized spacial score (nSPS) is 18.4. The van der Waals surface area contributed by atoms with Crippen LogP contribution in [-0.4, -0.2) is 171 Å². The molecule has 24 rings (SSSR count). The minimum absolute atomic E-state index is 0.0102. The van der Waals surface area contributed by atoms with Crippen molar-refractivity contribution in [2.24, 2.45) is 21.1 Å². The standard InChI is InChI=1S/C18H20BrN5.C17H19BrN6.C17H18BrN5.C16H18BrN5O.C16H18BrN5S.C15H17BrN6/c1-11-4-2-5-12(8-11)14-10-22-24-17(20)15(19)16(23-18(14)24)13-6-3-7-21-9-13;1-10-4-5-11(8-21-10)13-9-22-24-16(19)14(18)15(23-17(13)24)12-3-2-6-20-7-12;18-14-15(12-7-4-8-20-9-12)22-17-13(10-21-23(17)16(14)19)11-5-2-1-3-6-11;2*1-21-6-5-10(9-21)11-8-19-22-15(18)13(17)14(20-16(11)22)12-4-2-3-7-23-12;1-21-5-3-10(8-21)11-7-19-22-14(17)12(16)13(20-15(11)22)9-2-4-18-6-9/h2,4-5,8,10,13,21H,3,6-7,9,20H2,1H3;4-5,8-9,12,20H,2-3,6-7,19H2,1H3;1-3,5-6,10,12,20H,4,7-9,19H2;2*5-6,8-9,12H,2-4,7,18H2,1H3;3,5,7-9,18H,2,4,6,17H2,1H3/t;;;2*12-;9-/m...111/s1. The van der Waals surface area contributed by atoms with Gasteiger partial charge in [0, 0.05) is 188 Å². The number of piperidine rings is 3. The van der Waals surface area contributed by atoms with Crippen molar-refractivity contribution >= 4 is 176 Å². The Hall–Kier alpha value is -11.0. The molecule has 3 unspecified atom stereocenters. The molecule has 40 heteroatoms. The smallest absolute Gasteiger partial charge is 0.165 e. The highest BCUT2D eigenvalue weighted by Crippen LogP contribution is 2.46. The van der Waals surface area contributed by atoms with Crippen LogP contribution in [0, 0.1) is 13.8 Å². The van der Waals surface area contributed by atoms with Gasteiger partial charge in [-0.2, -0.15) is 69.4 Å². The second-order valence-corrected chi connectivity index (χ2v) is 42.2. The Morgan fingerprint density at radius 2 is 0.698 bits per heavy atom. The van der Waals surface area contributed by atoms with Gasteiger partial charge in [0.2, 0.25) is 0 Å². The van der Waals surface area contributed by atoms with Crippen molar-refractivity contribution in [2.45, 2.75) is 132 Å². The number of aromatic nitrogens is 22. The lowest BCUT2D eigenvalue weighted by Gasteiger charge is -2.23. The second kappa shape index (κ2) is 42.8. The van der Waals surface area contributed by atoms with Crippen LogP contribution in [0.1, 0.15) is 164 Å². The zero-order valence-electron chi connectivity index (χ0n) is 77.7. The van der Waals surface area contributed by atoms with Crippen LogP contribution in [0.3, 0.4) is 0 Å². The Morgan fingerprint density at radius 1 is 0.338 bits per heavy atom. The van der Waals surface area contributed by atoms with E-state index in [9.17, 15) is 0 Å². The molecule has 16 aromatic heterocycles. The van der Waals surface area contributed by atoms with E-state index in [1.165, 1.54) is 24.2 Å². The highest BCUT2D eigenvalue weighted by Gasteiger charge is 2.33. The van der Waals surface area contributed by atoms with E-state index in [-0.39, 0.29) is 6.10 Å². The first-order chi connectivity index (χ1) is 67.5. The molecule has 0 amide bonds. The molecule has 6 saturated heterocycles. The summed E-state index contributed by atoms with van der Waals surface area (Å²) in [5.74, 6) is 6.29. The summed E-state index contributed by atoms with van der Waals surface area (Å²) in [5.41, 5.74) is 63.4. The summed E-state index contributed by atoms with van der Waals surface area (Å²) in [6.07, 6.45) is 39.9. The number of nitrogen functional groups attached to an aromatic ring is 6. The van der Waals surface area contributed by atoms with Crippen molar-refractivity contribution in [3.8, 4) is 66.8 Å². The van der Waals surface area contributed by atoms with Gasteiger partial charge in [-0.05, 0) is 254 Å². The fraction of sp³-hybridized carbons (Fsp3) is 0.343. The van der Waals surface area contributed by atoms with Crippen LogP contribution in [0.15, 0.2) is 192 Å². The van der Waals surface area contributed by atoms with E-state index >= 15 is 0 Å². The van der Waals surface area contributed by atoms with Crippen LogP contribution in [0.2, 0.25) is 0 Å². The molecule has 18 aromatic rings. The lowest BCUT2D eigenvalue weighted by molar-refractivity contribution is 0.0120. The van der Waals surface area contributed by atoms with Gasteiger partial charge in [-0.15, -0.1) is 0 Å². The number of fused-ring (bicyclic) bond motifs is 6. The zero-order chi connectivity index (χ0) is 96.4. The Bertz CT molecular complexity index is 7300. The third kappa shape index (κ3) is 20.2. The van der Waals surface area contributed by atoms with Crippen molar-refractivity contribution < 1.29 is 4.74 Å². The lowest BCUT2D eigenvalue weighted by Crippen LogP contribution is -2.29. The molecule has 0 saturated carbocycles. The topological polar surface area (TPSA) is 422 Å². The van der Waals surface area contributed by atoms with Gasteiger partial charge in [-0.3, -0.25) is 4.98 Å². The van der Waals surface area contributed by atoms with Gasteiger partial charge < -0.3 is 74.1 Å².